The molecule has 1 heterocycles. The number of hydrogen-bond acceptors (Lipinski definition) is 3. The van der Waals surface area contributed by atoms with Crippen molar-refractivity contribution in [1.82, 2.24) is 0 Å². The number of oxime groups is 1. The number of carbonyl (C=O) groups is 1. The van der Waals surface area contributed by atoms with E-state index in [0.29, 0.717) is 5.56 Å². The number of rotatable bonds is 5. The molecular weight excluding hydrogens is 230 g/mol. The van der Waals surface area contributed by atoms with Crippen molar-refractivity contribution < 1.29 is 14.7 Å². The fraction of sp³-hybridized carbons (Fsp3) is 0.429. The molecule has 1 aromatic rings. The molecule has 1 aromatic carbocycles. The monoisotopic (exact) mass is 247 g/mol. The summed E-state index contributed by atoms with van der Waals surface area (Å²) in [6.07, 6.45) is 4.32. The Hall–Kier alpha value is -1.84. The number of nitrogens with zero attached hydrogens (tertiary/aromatic N) is 1. The normalized spacial score (nSPS) is 18.3. The van der Waals surface area contributed by atoms with Gasteiger partial charge in [0.05, 0.1) is 11.3 Å². The Balaban J connectivity index is 1.99. The summed E-state index contributed by atoms with van der Waals surface area (Å²) in [7, 11) is 0. The van der Waals surface area contributed by atoms with E-state index < -0.39 is 5.97 Å². The van der Waals surface area contributed by atoms with E-state index in [-0.39, 0.29) is 6.10 Å². The summed E-state index contributed by atoms with van der Waals surface area (Å²) >= 11 is 0. The minimum absolute atomic E-state index is 0.180. The van der Waals surface area contributed by atoms with E-state index in [1.165, 1.54) is 0 Å². The summed E-state index contributed by atoms with van der Waals surface area (Å²) < 4.78 is 0. The zero-order chi connectivity index (χ0) is 13.0. The fourth-order valence-electron chi connectivity index (χ4n) is 1.99. The highest BCUT2D eigenvalue weighted by Gasteiger charge is 2.21. The van der Waals surface area contributed by atoms with Crippen LogP contribution in [0.5, 0.6) is 0 Å². The summed E-state index contributed by atoms with van der Waals surface area (Å²) in [6.45, 7) is 2.15. The zero-order valence-electron chi connectivity index (χ0n) is 10.4. The molecule has 2 rings (SSSR count). The molecule has 96 valence electrons. The van der Waals surface area contributed by atoms with Crippen LogP contribution in [0.25, 0.3) is 0 Å². The number of carboxylic acid groups (broad SMARTS) is 1. The maximum atomic E-state index is 10.7. The molecule has 1 aliphatic rings. The van der Waals surface area contributed by atoms with E-state index in [0.717, 1.165) is 37.0 Å². The highest BCUT2D eigenvalue weighted by Crippen LogP contribution is 2.20. The Kier molecular flexibility index (Phi) is 3.97. The van der Waals surface area contributed by atoms with E-state index in [1.807, 2.05) is 0 Å². The number of hydrogen-bond donors (Lipinski definition) is 1. The largest absolute Gasteiger partial charge is 0.478 e. The van der Waals surface area contributed by atoms with Crippen molar-refractivity contribution in [3.63, 3.8) is 0 Å². The maximum Gasteiger partial charge on any atom is 0.335 e. The molecule has 0 amide bonds. The first kappa shape index (κ1) is 12.6. The SMILES string of the molecule is CCCCC1CC(c2ccc(C(=O)O)cc2)=NO1. The smallest absolute Gasteiger partial charge is 0.335 e. The lowest BCUT2D eigenvalue weighted by Crippen LogP contribution is -2.08. The molecule has 0 fully saturated rings. The van der Waals surface area contributed by atoms with Crippen molar-refractivity contribution in [2.45, 2.75) is 38.7 Å². The molecule has 1 atom stereocenters. The molecule has 18 heavy (non-hydrogen) atoms. The van der Waals surface area contributed by atoms with Crippen LogP contribution in [0.1, 0.15) is 48.5 Å². The predicted molar refractivity (Wildman–Crippen MR) is 69.0 cm³/mol. The number of unbranched alkanes of at least 4 members (excludes halogenated alkanes) is 1. The first-order chi connectivity index (χ1) is 8.70. The summed E-state index contributed by atoms with van der Waals surface area (Å²) in [5.74, 6) is -0.910. The van der Waals surface area contributed by atoms with Crippen molar-refractivity contribution in [3.8, 4) is 0 Å². The molecular formula is C14H17NO3. The van der Waals surface area contributed by atoms with Crippen molar-refractivity contribution in [1.29, 1.82) is 0 Å². The van der Waals surface area contributed by atoms with Crippen molar-refractivity contribution in [3.05, 3.63) is 35.4 Å². The van der Waals surface area contributed by atoms with Crippen LogP contribution in [0, 0.1) is 0 Å². The first-order valence-corrected chi connectivity index (χ1v) is 6.27. The summed E-state index contributed by atoms with van der Waals surface area (Å²) in [6, 6.07) is 6.76. The lowest BCUT2D eigenvalue weighted by atomic mass is 10.0. The molecule has 0 aromatic heterocycles. The van der Waals surface area contributed by atoms with Crippen molar-refractivity contribution in [2.24, 2.45) is 5.16 Å². The second-order valence-corrected chi connectivity index (χ2v) is 4.49. The van der Waals surface area contributed by atoms with Gasteiger partial charge in [0.2, 0.25) is 0 Å². The van der Waals surface area contributed by atoms with Crippen LogP contribution in [-0.4, -0.2) is 22.9 Å². The third-order valence-corrected chi connectivity index (χ3v) is 3.08. The van der Waals surface area contributed by atoms with Crippen LogP contribution in [-0.2, 0) is 4.84 Å². The van der Waals surface area contributed by atoms with Gasteiger partial charge in [-0.05, 0) is 30.5 Å². The number of aromatic carboxylic acids is 1. The molecule has 0 saturated heterocycles. The van der Waals surface area contributed by atoms with Gasteiger partial charge in [-0.1, -0.05) is 30.6 Å². The lowest BCUT2D eigenvalue weighted by molar-refractivity contribution is 0.0697. The van der Waals surface area contributed by atoms with Gasteiger partial charge >= 0.3 is 5.97 Å². The van der Waals surface area contributed by atoms with Gasteiger partial charge in [0.25, 0.3) is 0 Å². The Morgan fingerprint density at radius 3 is 2.78 bits per heavy atom. The standard InChI is InChI=1S/C14H17NO3/c1-2-3-4-12-9-13(15-18-12)10-5-7-11(8-6-10)14(16)17/h5-8,12H,2-4,9H2,1H3,(H,16,17). The molecule has 4 nitrogen and oxygen atoms in total. The van der Waals surface area contributed by atoms with Crippen LogP contribution < -0.4 is 0 Å². The van der Waals surface area contributed by atoms with E-state index in [4.69, 9.17) is 9.94 Å². The Labute approximate surface area is 106 Å². The maximum absolute atomic E-state index is 10.7. The number of benzene rings is 1. The van der Waals surface area contributed by atoms with Crippen LogP contribution >= 0.6 is 0 Å². The molecule has 1 unspecified atom stereocenters. The van der Waals surface area contributed by atoms with Gasteiger partial charge in [-0.25, -0.2) is 4.79 Å². The quantitative estimate of drug-likeness (QED) is 0.869. The summed E-state index contributed by atoms with van der Waals surface area (Å²) in [5.41, 5.74) is 2.15. The second kappa shape index (κ2) is 5.67. The molecule has 0 spiro atoms. The molecule has 4 heteroatoms. The Morgan fingerprint density at radius 2 is 2.17 bits per heavy atom. The van der Waals surface area contributed by atoms with E-state index in [2.05, 4.69) is 12.1 Å². The van der Waals surface area contributed by atoms with Gasteiger partial charge in [-0.15, -0.1) is 0 Å². The van der Waals surface area contributed by atoms with Crippen molar-refractivity contribution >= 4 is 11.7 Å². The second-order valence-electron chi connectivity index (χ2n) is 4.49. The van der Waals surface area contributed by atoms with Gasteiger partial charge in [0, 0.05) is 6.42 Å². The zero-order valence-corrected chi connectivity index (χ0v) is 10.4. The van der Waals surface area contributed by atoms with E-state index in [1.54, 1.807) is 24.3 Å². The Morgan fingerprint density at radius 1 is 1.44 bits per heavy atom. The van der Waals surface area contributed by atoms with E-state index in [9.17, 15) is 4.79 Å². The number of carboxylic acids is 1. The predicted octanol–water partition coefficient (Wildman–Crippen LogP) is 3.07. The van der Waals surface area contributed by atoms with E-state index >= 15 is 0 Å². The average molecular weight is 247 g/mol. The first-order valence-electron chi connectivity index (χ1n) is 6.27. The molecule has 0 bridgehead atoms. The minimum Gasteiger partial charge on any atom is -0.478 e. The highest BCUT2D eigenvalue weighted by atomic mass is 16.6. The van der Waals surface area contributed by atoms with Gasteiger partial charge in [-0.3, -0.25) is 0 Å². The van der Waals surface area contributed by atoms with Crippen LogP contribution in [0.15, 0.2) is 29.4 Å². The Bertz CT molecular complexity index is 451. The molecule has 1 aliphatic heterocycles. The molecule has 0 aliphatic carbocycles. The van der Waals surface area contributed by atoms with Gasteiger partial charge in [-0.2, -0.15) is 0 Å². The lowest BCUT2D eigenvalue weighted by Gasteiger charge is -2.05. The molecule has 0 saturated carbocycles. The topological polar surface area (TPSA) is 58.9 Å². The van der Waals surface area contributed by atoms with Gasteiger partial charge in [0.1, 0.15) is 6.10 Å². The van der Waals surface area contributed by atoms with Crippen LogP contribution in [0.3, 0.4) is 0 Å². The highest BCUT2D eigenvalue weighted by molar-refractivity contribution is 6.01. The summed E-state index contributed by atoms with van der Waals surface area (Å²) in [4.78, 5) is 16.1. The third kappa shape index (κ3) is 2.88. The van der Waals surface area contributed by atoms with Gasteiger partial charge in [0.15, 0.2) is 0 Å². The average Bonchev–Trinajstić information content (AvgIpc) is 2.85. The minimum atomic E-state index is -0.910. The summed E-state index contributed by atoms with van der Waals surface area (Å²) in [5, 5.41) is 12.9. The van der Waals surface area contributed by atoms with Crippen LogP contribution in [0.2, 0.25) is 0 Å². The van der Waals surface area contributed by atoms with Crippen LogP contribution in [0.4, 0.5) is 0 Å². The van der Waals surface area contributed by atoms with Crippen molar-refractivity contribution in [2.75, 3.05) is 0 Å². The molecule has 1 N–H and O–H groups in total. The molecule has 0 radical (unpaired) electrons. The third-order valence-electron chi connectivity index (χ3n) is 3.08. The fourth-order valence-corrected chi connectivity index (χ4v) is 1.99. The van der Waals surface area contributed by atoms with Gasteiger partial charge < -0.3 is 9.94 Å².